The molecule has 0 saturated carbocycles. The Bertz CT molecular complexity index is 330. The topological polar surface area (TPSA) is 19.7 Å². The van der Waals surface area contributed by atoms with Gasteiger partial charge in [-0.05, 0) is 12.8 Å². The highest BCUT2D eigenvalue weighted by atomic mass is 15.1. The number of hydrogen-bond acceptors (Lipinski definition) is 0. The first-order valence-electron chi connectivity index (χ1n) is 8.86. The first-order chi connectivity index (χ1) is 9.79. The molecule has 1 aromatic rings. The highest BCUT2D eigenvalue weighted by molar-refractivity contribution is 4.86. The zero-order valence-electron chi connectivity index (χ0n) is 14.0. The van der Waals surface area contributed by atoms with E-state index in [1.807, 2.05) is 0 Å². The average Bonchev–Trinajstić information content (AvgIpc) is 2.90. The third-order valence-electron chi connectivity index (χ3n) is 4.22. The number of hydrogen-bond donors (Lipinski definition) is 1. The van der Waals surface area contributed by atoms with Crippen LogP contribution in [0.25, 0.3) is 0 Å². The van der Waals surface area contributed by atoms with E-state index in [1.54, 1.807) is 0 Å². The van der Waals surface area contributed by atoms with Gasteiger partial charge >= 0.3 is 0 Å². The molecule has 116 valence electrons. The molecule has 0 fully saturated rings. The average molecular weight is 279 g/mol. The number of unbranched alkanes of at least 4 members (excludes halogenated alkanes) is 7. The summed E-state index contributed by atoms with van der Waals surface area (Å²) in [5, 5.41) is 0. The summed E-state index contributed by atoms with van der Waals surface area (Å²) in [6, 6.07) is 0. The van der Waals surface area contributed by atoms with Gasteiger partial charge in [-0.25, -0.2) is 9.55 Å². The Balaban J connectivity index is 2.10. The normalized spacial score (nSPS) is 12.8. The van der Waals surface area contributed by atoms with Crippen LogP contribution in [-0.2, 0) is 6.54 Å². The molecular formula is C18H35N2+. The van der Waals surface area contributed by atoms with Crippen LogP contribution < -0.4 is 4.57 Å². The second kappa shape index (κ2) is 10.9. The maximum Gasteiger partial charge on any atom is 0.257 e. The van der Waals surface area contributed by atoms with Gasteiger partial charge in [-0.3, -0.25) is 0 Å². The lowest BCUT2D eigenvalue weighted by atomic mass is 10.0. The van der Waals surface area contributed by atoms with Gasteiger partial charge in [0.1, 0.15) is 12.4 Å². The molecule has 0 unspecified atom stereocenters. The fraction of sp³-hybridized carbons (Fsp3) is 0.833. The largest absolute Gasteiger partial charge is 0.257 e. The van der Waals surface area contributed by atoms with Gasteiger partial charge < -0.3 is 0 Å². The Labute approximate surface area is 126 Å². The molecule has 1 aromatic heterocycles. The van der Waals surface area contributed by atoms with Crippen LogP contribution in [0.3, 0.4) is 0 Å². The van der Waals surface area contributed by atoms with Gasteiger partial charge in [0.15, 0.2) is 0 Å². The Hall–Kier alpha value is -0.790. The van der Waals surface area contributed by atoms with Crippen molar-refractivity contribution >= 4 is 0 Å². The molecule has 0 aliphatic carbocycles. The van der Waals surface area contributed by atoms with Gasteiger partial charge in [0.05, 0.1) is 12.5 Å². The minimum Gasteiger partial charge on any atom is -0.247 e. The van der Waals surface area contributed by atoms with E-state index < -0.39 is 0 Å². The van der Waals surface area contributed by atoms with Gasteiger partial charge in [-0.2, -0.15) is 0 Å². The number of nitrogens with zero attached hydrogens (tertiary/aromatic N) is 1. The monoisotopic (exact) mass is 279 g/mol. The summed E-state index contributed by atoms with van der Waals surface area (Å²) in [5.41, 5.74) is 0. The van der Waals surface area contributed by atoms with E-state index in [0.717, 1.165) is 6.54 Å². The summed E-state index contributed by atoms with van der Waals surface area (Å²) in [7, 11) is 0. The fourth-order valence-corrected chi connectivity index (χ4v) is 2.96. The van der Waals surface area contributed by atoms with Gasteiger partial charge in [0, 0.05) is 0 Å². The minimum absolute atomic E-state index is 0.664. The number of imidazole rings is 1. The summed E-state index contributed by atoms with van der Waals surface area (Å²) in [4.78, 5) is 3.43. The molecule has 0 saturated heterocycles. The molecular weight excluding hydrogens is 244 g/mol. The van der Waals surface area contributed by atoms with Gasteiger partial charge in [0.2, 0.25) is 0 Å². The third kappa shape index (κ3) is 6.58. The molecule has 0 aromatic carbocycles. The molecule has 0 spiro atoms. The van der Waals surface area contributed by atoms with Crippen LogP contribution in [0.15, 0.2) is 12.4 Å². The molecule has 1 rings (SSSR count). The predicted molar refractivity (Wildman–Crippen MR) is 86.9 cm³/mol. The van der Waals surface area contributed by atoms with Crippen molar-refractivity contribution < 1.29 is 4.57 Å². The van der Waals surface area contributed by atoms with Crippen LogP contribution in [0.5, 0.6) is 0 Å². The van der Waals surface area contributed by atoms with E-state index in [4.69, 9.17) is 0 Å². The van der Waals surface area contributed by atoms with E-state index in [9.17, 15) is 0 Å². The molecule has 2 heteroatoms. The number of H-pyrrole nitrogens is 1. The molecule has 1 atom stereocenters. The summed E-state index contributed by atoms with van der Waals surface area (Å²) < 4.78 is 2.38. The third-order valence-corrected chi connectivity index (χ3v) is 4.22. The Kier molecular flexibility index (Phi) is 9.44. The molecule has 0 aliphatic heterocycles. The molecule has 0 radical (unpaired) electrons. The summed E-state index contributed by atoms with van der Waals surface area (Å²) in [6.45, 7) is 8.03. The van der Waals surface area contributed by atoms with E-state index in [2.05, 4.69) is 42.7 Å². The SMILES string of the molecule is CCCCCCCCCC[C@H](C)c1[nH]cc[n+]1CCC. The molecule has 20 heavy (non-hydrogen) atoms. The Morgan fingerprint density at radius 1 is 0.950 bits per heavy atom. The first-order valence-corrected chi connectivity index (χ1v) is 8.86. The van der Waals surface area contributed by atoms with Gasteiger partial charge in [0.25, 0.3) is 5.82 Å². The van der Waals surface area contributed by atoms with E-state index >= 15 is 0 Å². The number of aromatic nitrogens is 2. The molecule has 0 bridgehead atoms. The van der Waals surface area contributed by atoms with Crippen LogP contribution >= 0.6 is 0 Å². The van der Waals surface area contributed by atoms with Crippen molar-refractivity contribution in [2.24, 2.45) is 0 Å². The number of rotatable bonds is 12. The minimum atomic E-state index is 0.664. The first kappa shape index (κ1) is 17.3. The lowest BCUT2D eigenvalue weighted by molar-refractivity contribution is -0.704. The second-order valence-electron chi connectivity index (χ2n) is 6.20. The van der Waals surface area contributed by atoms with Gasteiger partial charge in [-0.15, -0.1) is 0 Å². The van der Waals surface area contributed by atoms with Crippen molar-refractivity contribution in [3.05, 3.63) is 18.2 Å². The smallest absolute Gasteiger partial charge is 0.247 e. The number of aryl methyl sites for hydroxylation is 1. The summed E-state index contributed by atoms with van der Waals surface area (Å²) in [6.07, 6.45) is 18.1. The maximum atomic E-state index is 3.43. The Morgan fingerprint density at radius 2 is 1.60 bits per heavy atom. The second-order valence-corrected chi connectivity index (χ2v) is 6.20. The van der Waals surface area contributed by atoms with Crippen molar-refractivity contribution in [3.63, 3.8) is 0 Å². The zero-order valence-corrected chi connectivity index (χ0v) is 14.0. The molecule has 0 aliphatic rings. The van der Waals surface area contributed by atoms with E-state index in [1.165, 1.54) is 70.0 Å². The highest BCUT2D eigenvalue weighted by Crippen LogP contribution is 2.18. The van der Waals surface area contributed by atoms with E-state index in [0.29, 0.717) is 5.92 Å². The lowest BCUT2D eigenvalue weighted by Gasteiger charge is -2.08. The van der Waals surface area contributed by atoms with Crippen molar-refractivity contribution in [2.45, 2.75) is 97.4 Å². The van der Waals surface area contributed by atoms with Crippen LogP contribution in [0.4, 0.5) is 0 Å². The number of nitrogens with one attached hydrogen (secondary N) is 1. The quantitative estimate of drug-likeness (QED) is 0.393. The molecule has 1 N–H and O–H groups in total. The van der Waals surface area contributed by atoms with Crippen molar-refractivity contribution in [2.75, 3.05) is 0 Å². The van der Waals surface area contributed by atoms with Crippen LogP contribution in [0, 0.1) is 0 Å². The standard InChI is InChI=1S/C18H34N2/c1-4-6-7-8-9-10-11-12-13-17(3)18-19-14-16-20(18)15-5-2/h14,16-17H,4-13,15H2,1-3H3/p+1/t17-/m0/s1. The van der Waals surface area contributed by atoms with Crippen LogP contribution in [0.1, 0.15) is 96.7 Å². The molecule has 2 nitrogen and oxygen atoms in total. The van der Waals surface area contributed by atoms with Crippen molar-refractivity contribution in [1.82, 2.24) is 4.98 Å². The van der Waals surface area contributed by atoms with Crippen molar-refractivity contribution in [1.29, 1.82) is 0 Å². The van der Waals surface area contributed by atoms with E-state index in [-0.39, 0.29) is 0 Å². The number of aromatic amines is 1. The van der Waals surface area contributed by atoms with Crippen LogP contribution in [-0.4, -0.2) is 4.98 Å². The maximum absolute atomic E-state index is 3.43. The fourth-order valence-electron chi connectivity index (χ4n) is 2.96. The lowest BCUT2D eigenvalue weighted by Crippen LogP contribution is -2.36. The van der Waals surface area contributed by atoms with Gasteiger partial charge in [-0.1, -0.05) is 72.1 Å². The Morgan fingerprint density at radius 3 is 2.25 bits per heavy atom. The summed E-state index contributed by atoms with van der Waals surface area (Å²) >= 11 is 0. The van der Waals surface area contributed by atoms with Crippen LogP contribution in [0.2, 0.25) is 0 Å². The molecule has 0 amide bonds. The highest BCUT2D eigenvalue weighted by Gasteiger charge is 2.17. The predicted octanol–water partition coefficient (Wildman–Crippen LogP) is 5.35. The zero-order chi connectivity index (χ0) is 14.6. The molecule has 1 heterocycles. The summed E-state index contributed by atoms with van der Waals surface area (Å²) in [5.74, 6) is 2.08. The van der Waals surface area contributed by atoms with Crippen molar-refractivity contribution in [3.8, 4) is 0 Å².